The molecule has 1 nitrogen and oxygen atoms in total. The van der Waals surface area contributed by atoms with Crippen LogP contribution in [0, 0.1) is 0 Å². The molecule has 1 aromatic carbocycles. The van der Waals surface area contributed by atoms with E-state index in [2.05, 4.69) is 20.9 Å². The van der Waals surface area contributed by atoms with E-state index >= 15 is 0 Å². The van der Waals surface area contributed by atoms with E-state index in [0.717, 1.165) is 26.1 Å². The molecule has 0 aliphatic heterocycles. The van der Waals surface area contributed by atoms with Crippen LogP contribution >= 0.6 is 27.5 Å². The minimum absolute atomic E-state index is 0.649. The van der Waals surface area contributed by atoms with E-state index < -0.39 is 0 Å². The molecule has 3 heteroatoms. The summed E-state index contributed by atoms with van der Waals surface area (Å²) in [5.41, 5.74) is 2.14. The molecule has 76 valence electrons. The normalized spacial score (nSPS) is 15.9. The first-order chi connectivity index (χ1) is 7.24. The molecular formula is C12H9BrClN. The summed E-state index contributed by atoms with van der Waals surface area (Å²) in [7, 11) is 0. The zero-order valence-corrected chi connectivity index (χ0v) is 10.3. The van der Waals surface area contributed by atoms with Gasteiger partial charge in [0.25, 0.3) is 0 Å². The third-order valence-corrected chi connectivity index (χ3v) is 3.54. The molecule has 0 saturated heterocycles. The molecule has 0 amide bonds. The Labute approximate surface area is 102 Å². The summed E-state index contributed by atoms with van der Waals surface area (Å²) < 4.78 is 1.04. The Kier molecular flexibility index (Phi) is 2.22. The van der Waals surface area contributed by atoms with Crippen LogP contribution < -0.4 is 0 Å². The second-order valence-electron chi connectivity index (χ2n) is 3.96. The standard InChI is InChI=1S/C12H9BrClN/c13-8-3-4-11-9(5-8)10(14)6-12(15-11)7-1-2-7/h3-7H,1-2H2. The number of hydrogen-bond donors (Lipinski definition) is 0. The van der Waals surface area contributed by atoms with Crippen molar-refractivity contribution in [2.75, 3.05) is 0 Å². The second-order valence-corrected chi connectivity index (χ2v) is 5.29. The third kappa shape index (κ3) is 1.77. The smallest absolute Gasteiger partial charge is 0.0721 e. The first kappa shape index (κ1) is 9.61. The zero-order chi connectivity index (χ0) is 10.4. The van der Waals surface area contributed by atoms with Crippen LogP contribution in [-0.2, 0) is 0 Å². The number of halogens is 2. The molecule has 3 rings (SSSR count). The third-order valence-electron chi connectivity index (χ3n) is 2.74. The maximum absolute atomic E-state index is 6.25. The quantitative estimate of drug-likeness (QED) is 0.749. The fourth-order valence-corrected chi connectivity index (χ4v) is 2.39. The predicted octanol–water partition coefficient (Wildman–Crippen LogP) is 4.53. The molecule has 1 fully saturated rings. The van der Waals surface area contributed by atoms with Crippen LogP contribution in [0.5, 0.6) is 0 Å². The molecule has 0 N–H and O–H groups in total. The molecule has 0 atom stereocenters. The van der Waals surface area contributed by atoms with Crippen LogP contribution in [0.3, 0.4) is 0 Å². The van der Waals surface area contributed by atoms with Gasteiger partial charge in [-0.1, -0.05) is 27.5 Å². The summed E-state index contributed by atoms with van der Waals surface area (Å²) >= 11 is 9.69. The summed E-state index contributed by atoms with van der Waals surface area (Å²) in [6, 6.07) is 8.04. The monoisotopic (exact) mass is 281 g/mol. The number of fused-ring (bicyclic) bond motifs is 1. The molecule has 1 saturated carbocycles. The molecular weight excluding hydrogens is 273 g/mol. The maximum Gasteiger partial charge on any atom is 0.0721 e. The van der Waals surface area contributed by atoms with Gasteiger partial charge >= 0.3 is 0 Å². The summed E-state index contributed by atoms with van der Waals surface area (Å²) in [4.78, 5) is 4.63. The van der Waals surface area contributed by atoms with Crippen LogP contribution in [0.15, 0.2) is 28.7 Å². The van der Waals surface area contributed by atoms with Crippen LogP contribution in [0.4, 0.5) is 0 Å². The molecule has 1 aromatic heterocycles. The fourth-order valence-electron chi connectivity index (χ4n) is 1.76. The van der Waals surface area contributed by atoms with Crippen molar-refractivity contribution in [3.8, 4) is 0 Å². The number of aromatic nitrogens is 1. The van der Waals surface area contributed by atoms with Gasteiger partial charge in [0, 0.05) is 21.5 Å². The van der Waals surface area contributed by atoms with Crippen molar-refractivity contribution in [1.82, 2.24) is 4.98 Å². The van der Waals surface area contributed by atoms with Crippen molar-refractivity contribution in [1.29, 1.82) is 0 Å². The van der Waals surface area contributed by atoms with E-state index in [9.17, 15) is 0 Å². The summed E-state index contributed by atoms with van der Waals surface area (Å²) in [6.45, 7) is 0. The topological polar surface area (TPSA) is 12.9 Å². The summed E-state index contributed by atoms with van der Waals surface area (Å²) in [5.74, 6) is 0.649. The van der Waals surface area contributed by atoms with E-state index in [0.29, 0.717) is 5.92 Å². The van der Waals surface area contributed by atoms with Crippen molar-refractivity contribution in [2.45, 2.75) is 18.8 Å². The van der Waals surface area contributed by atoms with Gasteiger partial charge in [-0.25, -0.2) is 0 Å². The highest BCUT2D eigenvalue weighted by molar-refractivity contribution is 9.10. The molecule has 0 spiro atoms. The van der Waals surface area contributed by atoms with Crippen LogP contribution in [0.25, 0.3) is 10.9 Å². The van der Waals surface area contributed by atoms with E-state index in [1.165, 1.54) is 12.8 Å². The van der Waals surface area contributed by atoms with Crippen molar-refractivity contribution in [3.05, 3.63) is 39.5 Å². The SMILES string of the molecule is Clc1cc(C2CC2)nc2ccc(Br)cc12. The van der Waals surface area contributed by atoms with Gasteiger partial charge in [-0.05, 0) is 37.1 Å². The van der Waals surface area contributed by atoms with Gasteiger partial charge in [-0.2, -0.15) is 0 Å². The number of benzene rings is 1. The Balaban J connectivity index is 2.26. The Hall–Kier alpha value is -0.600. The lowest BCUT2D eigenvalue weighted by Gasteiger charge is -2.04. The van der Waals surface area contributed by atoms with Crippen molar-refractivity contribution >= 4 is 38.4 Å². The Morgan fingerprint density at radius 2 is 2.07 bits per heavy atom. The van der Waals surface area contributed by atoms with Crippen molar-refractivity contribution in [2.24, 2.45) is 0 Å². The Morgan fingerprint density at radius 3 is 2.80 bits per heavy atom. The summed E-state index contributed by atoms with van der Waals surface area (Å²) in [5, 5.41) is 1.83. The lowest BCUT2D eigenvalue weighted by molar-refractivity contribution is 1.04. The molecule has 0 unspecified atom stereocenters. The minimum atomic E-state index is 0.649. The highest BCUT2D eigenvalue weighted by atomic mass is 79.9. The Morgan fingerprint density at radius 1 is 1.27 bits per heavy atom. The van der Waals surface area contributed by atoms with Crippen molar-refractivity contribution in [3.63, 3.8) is 0 Å². The fraction of sp³-hybridized carbons (Fsp3) is 0.250. The van der Waals surface area contributed by atoms with Gasteiger partial charge in [0.05, 0.1) is 10.5 Å². The second kappa shape index (κ2) is 3.46. The maximum atomic E-state index is 6.25. The van der Waals surface area contributed by atoms with E-state index in [1.54, 1.807) is 0 Å². The molecule has 0 bridgehead atoms. The lowest BCUT2D eigenvalue weighted by atomic mass is 10.1. The van der Waals surface area contributed by atoms with E-state index in [4.69, 9.17) is 11.6 Å². The number of hydrogen-bond acceptors (Lipinski definition) is 1. The molecule has 2 aromatic rings. The van der Waals surface area contributed by atoms with E-state index in [-0.39, 0.29) is 0 Å². The number of rotatable bonds is 1. The highest BCUT2D eigenvalue weighted by Crippen LogP contribution is 2.41. The Bertz CT molecular complexity index is 534. The van der Waals surface area contributed by atoms with Gasteiger partial charge in [-0.15, -0.1) is 0 Å². The van der Waals surface area contributed by atoms with Gasteiger partial charge in [-0.3, -0.25) is 4.98 Å². The van der Waals surface area contributed by atoms with Gasteiger partial charge in [0.15, 0.2) is 0 Å². The largest absolute Gasteiger partial charge is 0.252 e. The minimum Gasteiger partial charge on any atom is -0.252 e. The predicted molar refractivity (Wildman–Crippen MR) is 66.4 cm³/mol. The average Bonchev–Trinajstić information content (AvgIpc) is 3.02. The first-order valence-corrected chi connectivity index (χ1v) is 6.17. The zero-order valence-electron chi connectivity index (χ0n) is 8.00. The molecule has 1 heterocycles. The average molecular weight is 283 g/mol. The van der Waals surface area contributed by atoms with Crippen LogP contribution in [0.2, 0.25) is 5.02 Å². The van der Waals surface area contributed by atoms with Crippen LogP contribution in [0.1, 0.15) is 24.5 Å². The lowest BCUT2D eigenvalue weighted by Crippen LogP contribution is -1.88. The van der Waals surface area contributed by atoms with Gasteiger partial charge in [0.1, 0.15) is 0 Å². The van der Waals surface area contributed by atoms with Crippen LogP contribution in [-0.4, -0.2) is 4.98 Å². The van der Waals surface area contributed by atoms with E-state index in [1.807, 2.05) is 24.3 Å². The number of nitrogens with zero attached hydrogens (tertiary/aromatic N) is 1. The summed E-state index contributed by atoms with van der Waals surface area (Å²) in [6.07, 6.45) is 2.51. The van der Waals surface area contributed by atoms with Gasteiger partial charge < -0.3 is 0 Å². The highest BCUT2D eigenvalue weighted by Gasteiger charge is 2.25. The van der Waals surface area contributed by atoms with Gasteiger partial charge in [0.2, 0.25) is 0 Å². The van der Waals surface area contributed by atoms with Crippen molar-refractivity contribution < 1.29 is 0 Å². The number of pyridine rings is 1. The molecule has 0 radical (unpaired) electrons. The molecule has 15 heavy (non-hydrogen) atoms. The molecule has 1 aliphatic rings. The molecule has 1 aliphatic carbocycles. The first-order valence-electron chi connectivity index (χ1n) is 5.00.